The molecule has 0 spiro atoms. The molecule has 0 unspecified atom stereocenters. The maximum absolute atomic E-state index is 13.1. The molecule has 0 saturated carbocycles. The molecule has 4 heteroatoms. The highest BCUT2D eigenvalue weighted by Gasteiger charge is 2.18. The van der Waals surface area contributed by atoms with Crippen molar-refractivity contribution in [1.82, 2.24) is 0 Å². The topological polar surface area (TPSA) is 70.7 Å². The molecule has 0 atom stereocenters. The highest BCUT2D eigenvalue weighted by Crippen LogP contribution is 2.33. The SMILES string of the molecule is CC(C)=CCc1ccc2oc3ccc(CC=C(C)C)c(O)c3c(=O)c2c1O. The molecule has 3 rings (SSSR count). The molecule has 0 radical (unpaired) electrons. The van der Waals surface area contributed by atoms with Crippen LogP contribution < -0.4 is 5.43 Å². The third-order valence-electron chi connectivity index (χ3n) is 4.58. The second-order valence-corrected chi connectivity index (χ2v) is 7.30. The molecule has 140 valence electrons. The molecule has 2 aromatic carbocycles. The number of allylic oxidation sites excluding steroid dienone is 4. The van der Waals surface area contributed by atoms with Crippen LogP contribution in [0.15, 0.2) is 56.8 Å². The monoisotopic (exact) mass is 364 g/mol. The van der Waals surface area contributed by atoms with Crippen molar-refractivity contribution in [2.24, 2.45) is 0 Å². The van der Waals surface area contributed by atoms with E-state index in [2.05, 4.69) is 0 Å². The van der Waals surface area contributed by atoms with Crippen LogP contribution in [0.4, 0.5) is 0 Å². The molecule has 0 fully saturated rings. The van der Waals surface area contributed by atoms with Gasteiger partial charge in [0.05, 0.1) is 0 Å². The normalized spacial score (nSPS) is 11.0. The summed E-state index contributed by atoms with van der Waals surface area (Å²) in [6.07, 6.45) is 5.01. The minimum absolute atomic E-state index is 0.0882. The Morgan fingerprint density at radius 3 is 1.59 bits per heavy atom. The smallest absolute Gasteiger partial charge is 0.208 e. The summed E-state index contributed by atoms with van der Waals surface area (Å²) in [4.78, 5) is 13.1. The van der Waals surface area contributed by atoms with Gasteiger partial charge in [0.15, 0.2) is 0 Å². The molecular formula is C23H24O4. The van der Waals surface area contributed by atoms with E-state index in [-0.39, 0.29) is 22.3 Å². The predicted molar refractivity (Wildman–Crippen MR) is 110 cm³/mol. The molecule has 0 aliphatic carbocycles. The average molecular weight is 364 g/mol. The lowest BCUT2D eigenvalue weighted by molar-refractivity contribution is 0.472. The number of rotatable bonds is 4. The zero-order valence-corrected chi connectivity index (χ0v) is 16.1. The van der Waals surface area contributed by atoms with Crippen LogP contribution in [0, 0.1) is 0 Å². The molecule has 0 bridgehead atoms. The van der Waals surface area contributed by atoms with Gasteiger partial charge in [-0.05, 0) is 63.8 Å². The minimum Gasteiger partial charge on any atom is -0.507 e. The Morgan fingerprint density at radius 2 is 1.22 bits per heavy atom. The number of benzene rings is 2. The van der Waals surface area contributed by atoms with E-state index in [1.807, 2.05) is 39.8 Å². The molecule has 0 aliphatic heterocycles. The fraction of sp³-hybridized carbons (Fsp3) is 0.261. The summed E-state index contributed by atoms with van der Waals surface area (Å²) in [5.74, 6) is -0.176. The van der Waals surface area contributed by atoms with E-state index >= 15 is 0 Å². The molecule has 0 aliphatic rings. The molecule has 1 heterocycles. The number of phenols is 2. The van der Waals surface area contributed by atoms with Gasteiger partial charge in [-0.15, -0.1) is 0 Å². The van der Waals surface area contributed by atoms with Crippen LogP contribution in [0.5, 0.6) is 11.5 Å². The Balaban J connectivity index is 2.27. The number of fused-ring (bicyclic) bond motifs is 2. The summed E-state index contributed by atoms with van der Waals surface area (Å²) in [5.41, 5.74) is 3.75. The summed E-state index contributed by atoms with van der Waals surface area (Å²) in [6.45, 7) is 7.91. The first-order chi connectivity index (χ1) is 12.8. The first kappa shape index (κ1) is 18.8. The second-order valence-electron chi connectivity index (χ2n) is 7.30. The van der Waals surface area contributed by atoms with Gasteiger partial charge in [0.2, 0.25) is 5.43 Å². The lowest BCUT2D eigenvalue weighted by Gasteiger charge is -2.10. The highest BCUT2D eigenvalue weighted by atomic mass is 16.3. The van der Waals surface area contributed by atoms with Crippen molar-refractivity contribution in [2.75, 3.05) is 0 Å². The Morgan fingerprint density at radius 1 is 0.815 bits per heavy atom. The van der Waals surface area contributed by atoms with Crippen molar-refractivity contribution in [1.29, 1.82) is 0 Å². The van der Waals surface area contributed by atoms with Crippen molar-refractivity contribution in [2.45, 2.75) is 40.5 Å². The minimum atomic E-state index is -0.417. The number of phenolic OH excluding ortho intramolecular Hbond substituents is 2. The zero-order valence-electron chi connectivity index (χ0n) is 16.1. The molecule has 0 saturated heterocycles. The maximum atomic E-state index is 13.1. The van der Waals surface area contributed by atoms with Crippen LogP contribution >= 0.6 is 0 Å². The van der Waals surface area contributed by atoms with Crippen LogP contribution in [0.3, 0.4) is 0 Å². The van der Waals surface area contributed by atoms with Crippen LogP contribution in [0.1, 0.15) is 38.8 Å². The van der Waals surface area contributed by atoms with Crippen LogP contribution in [0.2, 0.25) is 0 Å². The van der Waals surface area contributed by atoms with E-state index in [4.69, 9.17) is 4.42 Å². The Kier molecular flexibility index (Phi) is 5.08. The molecule has 27 heavy (non-hydrogen) atoms. The Labute approximate surface area is 158 Å². The summed E-state index contributed by atoms with van der Waals surface area (Å²) in [5, 5.41) is 21.5. The summed E-state index contributed by atoms with van der Waals surface area (Å²) < 4.78 is 5.80. The van der Waals surface area contributed by atoms with E-state index < -0.39 is 5.43 Å². The van der Waals surface area contributed by atoms with E-state index in [0.29, 0.717) is 35.1 Å². The Hall–Kier alpha value is -3.01. The van der Waals surface area contributed by atoms with Crippen molar-refractivity contribution >= 4 is 21.9 Å². The molecule has 0 amide bonds. The van der Waals surface area contributed by atoms with Gasteiger partial charge in [-0.25, -0.2) is 0 Å². The fourth-order valence-corrected chi connectivity index (χ4v) is 3.04. The lowest BCUT2D eigenvalue weighted by Crippen LogP contribution is -2.05. The van der Waals surface area contributed by atoms with E-state index in [0.717, 1.165) is 11.1 Å². The number of aromatic hydroxyl groups is 2. The zero-order chi connectivity index (χ0) is 19.7. The van der Waals surface area contributed by atoms with Gasteiger partial charge in [-0.3, -0.25) is 4.79 Å². The van der Waals surface area contributed by atoms with Gasteiger partial charge in [0, 0.05) is 0 Å². The molecule has 2 N–H and O–H groups in total. The lowest BCUT2D eigenvalue weighted by atomic mass is 10.0. The molecule has 1 aromatic heterocycles. The summed E-state index contributed by atoms with van der Waals surface area (Å²) >= 11 is 0. The number of hydrogen-bond donors (Lipinski definition) is 2. The van der Waals surface area contributed by atoms with Crippen molar-refractivity contribution in [3.63, 3.8) is 0 Å². The standard InChI is InChI=1S/C23H24O4/c1-13(2)5-7-15-9-11-17-19(21(15)24)23(26)20-18(27-17)12-10-16(22(20)25)8-6-14(3)4/h5-6,9-12,24-25H,7-8H2,1-4H3. The number of hydrogen-bond acceptors (Lipinski definition) is 4. The van der Waals surface area contributed by atoms with E-state index in [1.54, 1.807) is 24.3 Å². The third kappa shape index (κ3) is 3.61. The first-order valence-corrected chi connectivity index (χ1v) is 8.98. The van der Waals surface area contributed by atoms with Crippen molar-refractivity contribution < 1.29 is 14.6 Å². The van der Waals surface area contributed by atoms with E-state index in [9.17, 15) is 15.0 Å². The quantitative estimate of drug-likeness (QED) is 0.482. The van der Waals surface area contributed by atoms with Gasteiger partial charge in [0.1, 0.15) is 33.4 Å². The van der Waals surface area contributed by atoms with Gasteiger partial charge < -0.3 is 14.6 Å². The largest absolute Gasteiger partial charge is 0.507 e. The molecular weight excluding hydrogens is 340 g/mol. The van der Waals surface area contributed by atoms with Crippen molar-refractivity contribution in [3.8, 4) is 11.5 Å². The van der Waals surface area contributed by atoms with Crippen LogP contribution in [0.25, 0.3) is 21.9 Å². The van der Waals surface area contributed by atoms with Gasteiger partial charge in [-0.2, -0.15) is 0 Å². The molecule has 3 aromatic rings. The van der Waals surface area contributed by atoms with Gasteiger partial charge in [-0.1, -0.05) is 35.4 Å². The van der Waals surface area contributed by atoms with Crippen LogP contribution in [-0.2, 0) is 12.8 Å². The Bertz CT molecular complexity index is 1050. The highest BCUT2D eigenvalue weighted by molar-refractivity contribution is 5.96. The first-order valence-electron chi connectivity index (χ1n) is 8.98. The second kappa shape index (κ2) is 7.31. The summed E-state index contributed by atoms with van der Waals surface area (Å²) in [7, 11) is 0. The predicted octanol–water partition coefficient (Wildman–Crippen LogP) is 5.37. The fourth-order valence-electron chi connectivity index (χ4n) is 3.04. The third-order valence-corrected chi connectivity index (χ3v) is 4.58. The average Bonchev–Trinajstić information content (AvgIpc) is 2.60. The molecule has 4 nitrogen and oxygen atoms in total. The summed E-state index contributed by atoms with van der Waals surface area (Å²) in [6, 6.07) is 6.90. The van der Waals surface area contributed by atoms with Crippen LogP contribution in [-0.4, -0.2) is 10.2 Å². The van der Waals surface area contributed by atoms with Gasteiger partial charge >= 0.3 is 0 Å². The van der Waals surface area contributed by atoms with E-state index in [1.165, 1.54) is 0 Å². The van der Waals surface area contributed by atoms with Crippen molar-refractivity contribution in [3.05, 3.63) is 68.9 Å². The van der Waals surface area contributed by atoms with Gasteiger partial charge in [0.25, 0.3) is 0 Å². The maximum Gasteiger partial charge on any atom is 0.208 e.